The minimum atomic E-state index is -0.430. The molecule has 1 aromatic rings. The Hall–Kier alpha value is -1.04. The van der Waals surface area contributed by atoms with E-state index in [0.717, 1.165) is 36.8 Å². The maximum atomic E-state index is 10.5. The summed E-state index contributed by atoms with van der Waals surface area (Å²) in [6.07, 6.45) is 9.63. The molecule has 3 N–H and O–H groups in total. The molecule has 0 amide bonds. The van der Waals surface area contributed by atoms with E-state index >= 15 is 0 Å². The van der Waals surface area contributed by atoms with Crippen LogP contribution in [-0.4, -0.2) is 45.5 Å². The number of hydrogen-bond donors (Lipinski definition) is 3. The van der Waals surface area contributed by atoms with Crippen molar-refractivity contribution in [3.05, 3.63) is 23.8 Å². The van der Waals surface area contributed by atoms with Gasteiger partial charge < -0.3 is 15.5 Å². The number of nitrogens with one attached hydrogen (secondary N) is 1. The Morgan fingerprint density at radius 3 is 2.65 bits per heavy atom. The SMILES string of the molecule is CC(C)c1nccc(CC2C(NCC3CCCCC3)CC(O)C2CO)n1. The molecule has 4 unspecified atom stereocenters. The first-order chi connectivity index (χ1) is 12.6. The van der Waals surface area contributed by atoms with Crippen LogP contribution >= 0.6 is 0 Å². The average molecular weight is 362 g/mol. The molecular weight excluding hydrogens is 326 g/mol. The molecule has 4 atom stereocenters. The average Bonchev–Trinajstić information content (AvgIpc) is 2.95. The normalized spacial score (nSPS) is 30.2. The summed E-state index contributed by atoms with van der Waals surface area (Å²) in [4.78, 5) is 9.07. The van der Waals surface area contributed by atoms with Crippen molar-refractivity contribution in [1.29, 1.82) is 0 Å². The summed E-state index contributed by atoms with van der Waals surface area (Å²) in [5.41, 5.74) is 1.02. The van der Waals surface area contributed by atoms with Gasteiger partial charge in [0.15, 0.2) is 0 Å². The summed E-state index contributed by atoms with van der Waals surface area (Å²) in [6.45, 7) is 5.27. The van der Waals surface area contributed by atoms with Crippen molar-refractivity contribution < 1.29 is 10.2 Å². The zero-order chi connectivity index (χ0) is 18.5. The van der Waals surface area contributed by atoms with Gasteiger partial charge in [-0.05, 0) is 50.1 Å². The zero-order valence-corrected chi connectivity index (χ0v) is 16.3. The molecule has 0 radical (unpaired) electrons. The van der Waals surface area contributed by atoms with Crippen molar-refractivity contribution in [1.82, 2.24) is 15.3 Å². The fourth-order valence-electron chi connectivity index (χ4n) is 4.73. The van der Waals surface area contributed by atoms with Crippen LogP contribution in [0.25, 0.3) is 0 Å². The highest BCUT2D eigenvalue weighted by atomic mass is 16.3. The van der Waals surface area contributed by atoms with Crippen LogP contribution in [-0.2, 0) is 6.42 Å². The second kappa shape index (κ2) is 9.25. The van der Waals surface area contributed by atoms with Gasteiger partial charge >= 0.3 is 0 Å². The van der Waals surface area contributed by atoms with Gasteiger partial charge in [0.05, 0.1) is 6.10 Å². The number of hydrogen-bond acceptors (Lipinski definition) is 5. The molecule has 0 aliphatic heterocycles. The predicted octanol–water partition coefficient (Wildman–Crippen LogP) is 2.67. The number of nitrogens with zero attached hydrogens (tertiary/aromatic N) is 2. The summed E-state index contributed by atoms with van der Waals surface area (Å²) < 4.78 is 0. The Morgan fingerprint density at radius 2 is 1.96 bits per heavy atom. The quantitative estimate of drug-likeness (QED) is 0.696. The van der Waals surface area contributed by atoms with Crippen LogP contribution in [0, 0.1) is 17.8 Å². The van der Waals surface area contributed by atoms with Gasteiger partial charge in [-0.15, -0.1) is 0 Å². The maximum Gasteiger partial charge on any atom is 0.131 e. The minimum absolute atomic E-state index is 0.0373. The monoisotopic (exact) mass is 361 g/mol. The summed E-state index contributed by atoms with van der Waals surface area (Å²) in [6, 6.07) is 2.23. The van der Waals surface area contributed by atoms with Gasteiger partial charge in [0.2, 0.25) is 0 Å². The molecule has 0 saturated heterocycles. The summed E-state index contributed by atoms with van der Waals surface area (Å²) in [7, 11) is 0. The third-order valence-electron chi connectivity index (χ3n) is 6.35. The fraction of sp³-hybridized carbons (Fsp3) is 0.810. The maximum absolute atomic E-state index is 10.5. The lowest BCUT2D eigenvalue weighted by atomic mass is 9.87. The fourth-order valence-corrected chi connectivity index (χ4v) is 4.73. The predicted molar refractivity (Wildman–Crippen MR) is 103 cm³/mol. The lowest BCUT2D eigenvalue weighted by Gasteiger charge is -2.28. The van der Waals surface area contributed by atoms with Crippen LogP contribution in [0.4, 0.5) is 0 Å². The molecule has 0 aromatic carbocycles. The number of aromatic nitrogens is 2. The second-order valence-corrected chi connectivity index (χ2v) is 8.60. The molecule has 1 aromatic heterocycles. The smallest absolute Gasteiger partial charge is 0.131 e. The largest absolute Gasteiger partial charge is 0.396 e. The molecule has 26 heavy (non-hydrogen) atoms. The lowest BCUT2D eigenvalue weighted by Crippen LogP contribution is -2.39. The van der Waals surface area contributed by atoms with E-state index < -0.39 is 6.10 Å². The first-order valence-corrected chi connectivity index (χ1v) is 10.4. The standard InChI is InChI=1S/C21H35N3O2/c1-14(2)21-22-9-8-16(24-21)10-17-18(13-25)20(26)11-19(17)23-12-15-6-4-3-5-7-15/h8-9,14-15,17-20,23,25-26H,3-7,10-13H2,1-2H3. The van der Waals surface area contributed by atoms with Crippen LogP contribution < -0.4 is 5.32 Å². The van der Waals surface area contributed by atoms with Gasteiger partial charge in [0, 0.05) is 36.4 Å². The molecule has 0 spiro atoms. The minimum Gasteiger partial charge on any atom is -0.396 e. The van der Waals surface area contributed by atoms with E-state index in [1.165, 1.54) is 32.1 Å². The van der Waals surface area contributed by atoms with Gasteiger partial charge in [-0.1, -0.05) is 33.1 Å². The molecule has 2 aliphatic carbocycles. The molecule has 2 fully saturated rings. The number of rotatable bonds is 7. The molecule has 3 rings (SSSR count). The van der Waals surface area contributed by atoms with Gasteiger partial charge in [-0.25, -0.2) is 9.97 Å². The van der Waals surface area contributed by atoms with Crippen molar-refractivity contribution in [2.24, 2.45) is 17.8 Å². The highest BCUT2D eigenvalue weighted by molar-refractivity contribution is 5.09. The van der Waals surface area contributed by atoms with Crippen LogP contribution in [0.3, 0.4) is 0 Å². The topological polar surface area (TPSA) is 78.3 Å². The van der Waals surface area contributed by atoms with E-state index in [9.17, 15) is 10.2 Å². The molecule has 0 bridgehead atoms. The number of aliphatic hydroxyl groups is 2. The molecule has 146 valence electrons. The van der Waals surface area contributed by atoms with Gasteiger partial charge in [0.25, 0.3) is 0 Å². The lowest BCUT2D eigenvalue weighted by molar-refractivity contribution is 0.0715. The van der Waals surface area contributed by atoms with Crippen molar-refractivity contribution in [3.63, 3.8) is 0 Å². The summed E-state index contributed by atoms with van der Waals surface area (Å²) in [5, 5.41) is 24.0. The van der Waals surface area contributed by atoms with Gasteiger partial charge in [-0.3, -0.25) is 0 Å². The van der Waals surface area contributed by atoms with E-state index in [4.69, 9.17) is 4.98 Å². The van der Waals surface area contributed by atoms with E-state index in [2.05, 4.69) is 24.1 Å². The Balaban J connectivity index is 1.66. The van der Waals surface area contributed by atoms with Crippen LogP contribution in [0.15, 0.2) is 12.3 Å². The third-order valence-corrected chi connectivity index (χ3v) is 6.35. The van der Waals surface area contributed by atoms with Crippen molar-refractivity contribution in [3.8, 4) is 0 Å². The van der Waals surface area contributed by atoms with Crippen LogP contribution in [0.2, 0.25) is 0 Å². The molecule has 5 nitrogen and oxygen atoms in total. The van der Waals surface area contributed by atoms with E-state index in [0.29, 0.717) is 5.92 Å². The molecular formula is C21H35N3O2. The number of aliphatic hydroxyl groups excluding tert-OH is 2. The first-order valence-electron chi connectivity index (χ1n) is 10.4. The van der Waals surface area contributed by atoms with E-state index in [1.54, 1.807) is 0 Å². The Bertz CT molecular complexity index is 560. The molecule has 1 heterocycles. The van der Waals surface area contributed by atoms with Crippen molar-refractivity contribution in [2.45, 2.75) is 76.9 Å². The van der Waals surface area contributed by atoms with E-state index in [1.807, 2.05) is 12.3 Å². The first kappa shape index (κ1) is 19.7. The van der Waals surface area contributed by atoms with Gasteiger partial charge in [-0.2, -0.15) is 0 Å². The molecule has 2 aliphatic rings. The summed E-state index contributed by atoms with van der Waals surface area (Å²) >= 11 is 0. The third kappa shape index (κ3) is 4.81. The second-order valence-electron chi connectivity index (χ2n) is 8.60. The summed E-state index contributed by atoms with van der Waals surface area (Å²) in [5.74, 6) is 2.08. The highest BCUT2D eigenvalue weighted by Crippen LogP contribution is 2.35. The Kier molecular flexibility index (Phi) is 7.01. The Morgan fingerprint density at radius 1 is 1.19 bits per heavy atom. The van der Waals surface area contributed by atoms with Crippen LogP contribution in [0.5, 0.6) is 0 Å². The zero-order valence-electron chi connectivity index (χ0n) is 16.3. The van der Waals surface area contributed by atoms with E-state index in [-0.39, 0.29) is 24.5 Å². The van der Waals surface area contributed by atoms with Crippen LogP contribution in [0.1, 0.15) is 69.8 Å². The molecule has 5 heteroatoms. The molecule has 2 saturated carbocycles. The Labute approximate surface area is 157 Å². The highest BCUT2D eigenvalue weighted by Gasteiger charge is 2.42. The van der Waals surface area contributed by atoms with Crippen molar-refractivity contribution >= 4 is 0 Å². The van der Waals surface area contributed by atoms with Gasteiger partial charge in [0.1, 0.15) is 5.82 Å². The van der Waals surface area contributed by atoms with Crippen molar-refractivity contribution in [2.75, 3.05) is 13.2 Å².